The molecule has 0 bridgehead atoms. The standard InChI is InChI=1S/C25H33B3N8O5/c1-40-11-9-29-20(37)13-36-10-8-16(35-36)15-4-3-5-17(22(15)41-2)30-18-12-19(31-23(38)14-6-7-14)33-34-21(18)24(39)32-25(26,27)28/h3-5,8,10,12,14H,6-7,9,11,13,26-28H2,1-2H3,(H,29,37)(H,32,39)(H2,30,31,33,38). The Bertz CT molecular complexity index is 1420. The Kier molecular flexibility index (Phi) is 9.33. The second kappa shape index (κ2) is 12.9. The second-order valence-corrected chi connectivity index (χ2v) is 10.7. The van der Waals surface area contributed by atoms with E-state index in [0.717, 1.165) is 12.8 Å². The predicted molar refractivity (Wildman–Crippen MR) is 162 cm³/mol. The average Bonchev–Trinajstić information content (AvgIpc) is 3.67. The first-order valence-electron chi connectivity index (χ1n) is 13.3. The van der Waals surface area contributed by atoms with Crippen LogP contribution in [0.15, 0.2) is 36.5 Å². The van der Waals surface area contributed by atoms with Gasteiger partial charge < -0.3 is 30.7 Å². The van der Waals surface area contributed by atoms with Gasteiger partial charge in [0, 0.05) is 37.4 Å². The van der Waals surface area contributed by atoms with Gasteiger partial charge in [0.25, 0.3) is 5.91 Å². The number of aromatic nitrogens is 4. The molecule has 1 saturated carbocycles. The Labute approximate surface area is 240 Å². The van der Waals surface area contributed by atoms with E-state index < -0.39 is 11.1 Å². The molecule has 0 unspecified atom stereocenters. The highest BCUT2D eigenvalue weighted by molar-refractivity contribution is 6.60. The number of rotatable bonds is 13. The number of hydrogen-bond donors (Lipinski definition) is 4. The van der Waals surface area contributed by atoms with Crippen LogP contribution in [-0.2, 0) is 20.9 Å². The largest absolute Gasteiger partial charge is 0.494 e. The van der Waals surface area contributed by atoms with E-state index in [0.29, 0.717) is 41.5 Å². The molecule has 212 valence electrons. The summed E-state index contributed by atoms with van der Waals surface area (Å²) in [4.78, 5) is 37.7. The third-order valence-electron chi connectivity index (χ3n) is 6.04. The van der Waals surface area contributed by atoms with Crippen LogP contribution in [0.5, 0.6) is 5.75 Å². The lowest BCUT2D eigenvalue weighted by molar-refractivity contribution is -0.122. The fraction of sp³-hybridized carbons (Fsp3) is 0.360. The van der Waals surface area contributed by atoms with E-state index in [-0.39, 0.29) is 35.8 Å². The van der Waals surface area contributed by atoms with Gasteiger partial charge in [-0.1, -0.05) is 6.07 Å². The van der Waals surface area contributed by atoms with Crippen molar-refractivity contribution >= 4 is 58.5 Å². The van der Waals surface area contributed by atoms with Crippen LogP contribution in [0.25, 0.3) is 11.3 Å². The third-order valence-corrected chi connectivity index (χ3v) is 6.04. The Hall–Kier alpha value is -4.33. The van der Waals surface area contributed by atoms with E-state index in [4.69, 9.17) is 9.47 Å². The molecule has 1 aromatic carbocycles. The van der Waals surface area contributed by atoms with Gasteiger partial charge >= 0.3 is 0 Å². The number of para-hydroxylation sites is 1. The van der Waals surface area contributed by atoms with E-state index in [1.807, 2.05) is 35.7 Å². The van der Waals surface area contributed by atoms with Crippen molar-refractivity contribution in [3.05, 3.63) is 42.2 Å². The fourth-order valence-electron chi connectivity index (χ4n) is 3.98. The summed E-state index contributed by atoms with van der Waals surface area (Å²) in [7, 11) is 8.70. The Morgan fingerprint density at radius 1 is 1.10 bits per heavy atom. The molecule has 2 heterocycles. The van der Waals surface area contributed by atoms with Gasteiger partial charge in [-0.25, -0.2) is 0 Å². The van der Waals surface area contributed by atoms with Crippen molar-refractivity contribution < 1.29 is 23.9 Å². The maximum atomic E-state index is 13.1. The van der Waals surface area contributed by atoms with Gasteiger partial charge in [0.1, 0.15) is 30.1 Å². The summed E-state index contributed by atoms with van der Waals surface area (Å²) in [5.41, 5.74) is 2.18. The number of methoxy groups -OCH3 is 2. The lowest BCUT2D eigenvalue weighted by Crippen LogP contribution is -2.50. The highest BCUT2D eigenvalue weighted by atomic mass is 16.5. The monoisotopic (exact) mass is 558 g/mol. The van der Waals surface area contributed by atoms with Gasteiger partial charge in [-0.2, -0.15) is 5.10 Å². The Morgan fingerprint density at radius 3 is 2.56 bits per heavy atom. The van der Waals surface area contributed by atoms with Crippen molar-refractivity contribution in [2.24, 2.45) is 5.92 Å². The van der Waals surface area contributed by atoms with Crippen LogP contribution < -0.4 is 26.0 Å². The zero-order chi connectivity index (χ0) is 29.6. The number of benzene rings is 1. The van der Waals surface area contributed by atoms with Crippen molar-refractivity contribution in [2.75, 3.05) is 38.0 Å². The van der Waals surface area contributed by atoms with Crippen LogP contribution in [0, 0.1) is 5.92 Å². The normalized spacial score (nSPS) is 12.8. The Morgan fingerprint density at radius 2 is 1.88 bits per heavy atom. The number of anilines is 3. The Balaban J connectivity index is 1.62. The van der Waals surface area contributed by atoms with E-state index in [2.05, 4.69) is 36.6 Å². The van der Waals surface area contributed by atoms with Crippen LogP contribution in [-0.4, -0.2) is 93.8 Å². The molecule has 3 aromatic rings. The number of nitrogens with one attached hydrogen (secondary N) is 4. The number of amides is 3. The average molecular weight is 558 g/mol. The first kappa shape index (κ1) is 29.7. The minimum atomic E-state index is -0.508. The molecule has 1 aliphatic carbocycles. The molecular formula is C25H33B3N8O5. The zero-order valence-corrected chi connectivity index (χ0v) is 23.9. The van der Waals surface area contributed by atoms with Crippen molar-refractivity contribution in [3.63, 3.8) is 0 Å². The molecule has 41 heavy (non-hydrogen) atoms. The summed E-state index contributed by atoms with van der Waals surface area (Å²) in [6, 6.07) is 8.81. The number of ether oxygens (including phenoxy) is 2. The molecule has 1 fully saturated rings. The van der Waals surface area contributed by atoms with Gasteiger partial charge in [-0.05, 0) is 36.3 Å². The molecule has 2 aromatic heterocycles. The maximum Gasteiger partial charge on any atom is 0.272 e. The van der Waals surface area contributed by atoms with Crippen LogP contribution in [0.3, 0.4) is 0 Å². The van der Waals surface area contributed by atoms with E-state index in [9.17, 15) is 14.4 Å². The summed E-state index contributed by atoms with van der Waals surface area (Å²) >= 11 is 0. The molecule has 4 N–H and O–H groups in total. The molecule has 0 radical (unpaired) electrons. The van der Waals surface area contributed by atoms with Gasteiger partial charge in [0.2, 0.25) is 11.8 Å². The number of nitrogens with zero attached hydrogens (tertiary/aromatic N) is 4. The fourth-order valence-corrected chi connectivity index (χ4v) is 3.98. The summed E-state index contributed by atoms with van der Waals surface area (Å²) in [6.07, 6.45) is 3.39. The molecule has 4 rings (SSSR count). The summed E-state index contributed by atoms with van der Waals surface area (Å²) < 4.78 is 12.3. The van der Waals surface area contributed by atoms with Gasteiger partial charge in [-0.15, -0.1) is 10.2 Å². The van der Waals surface area contributed by atoms with Gasteiger partial charge in [0.15, 0.2) is 17.3 Å². The third kappa shape index (κ3) is 8.10. The first-order valence-corrected chi connectivity index (χ1v) is 13.3. The molecule has 0 saturated heterocycles. The van der Waals surface area contributed by atoms with Crippen molar-refractivity contribution in [2.45, 2.75) is 24.6 Å². The zero-order valence-electron chi connectivity index (χ0n) is 23.9. The summed E-state index contributed by atoms with van der Waals surface area (Å²) in [6.45, 7) is 0.888. The second-order valence-electron chi connectivity index (χ2n) is 10.7. The lowest BCUT2D eigenvalue weighted by Gasteiger charge is -2.22. The quantitative estimate of drug-likeness (QED) is 0.144. The molecule has 0 aliphatic heterocycles. The smallest absolute Gasteiger partial charge is 0.272 e. The van der Waals surface area contributed by atoms with E-state index >= 15 is 0 Å². The minimum absolute atomic E-state index is 0.0231. The molecular weight excluding hydrogens is 525 g/mol. The highest BCUT2D eigenvalue weighted by Gasteiger charge is 2.30. The van der Waals surface area contributed by atoms with Crippen LogP contribution in [0.1, 0.15) is 23.3 Å². The van der Waals surface area contributed by atoms with E-state index in [1.165, 1.54) is 11.8 Å². The van der Waals surface area contributed by atoms with Gasteiger partial charge in [-0.3, -0.25) is 19.1 Å². The van der Waals surface area contributed by atoms with Crippen LogP contribution >= 0.6 is 0 Å². The molecule has 1 aliphatic rings. The SMILES string of the molecule is BC(B)(B)NC(=O)c1nnc(NC(=O)C2CC2)cc1Nc1cccc(-c2ccn(CC(=O)NCCOC)n2)c1OC. The number of hydrogen-bond acceptors (Lipinski definition) is 9. The predicted octanol–water partition coefficient (Wildman–Crippen LogP) is -1.56. The van der Waals surface area contributed by atoms with Crippen molar-refractivity contribution in [3.8, 4) is 17.0 Å². The molecule has 0 spiro atoms. The molecule has 0 atom stereocenters. The lowest BCUT2D eigenvalue weighted by atomic mass is 9.49. The summed E-state index contributed by atoms with van der Waals surface area (Å²) in [5.74, 6) is -0.0656. The van der Waals surface area contributed by atoms with Crippen molar-refractivity contribution in [1.29, 1.82) is 0 Å². The summed E-state index contributed by atoms with van der Waals surface area (Å²) in [5, 5.41) is 23.9. The van der Waals surface area contributed by atoms with Crippen LogP contribution in [0.2, 0.25) is 0 Å². The van der Waals surface area contributed by atoms with Crippen molar-refractivity contribution in [1.82, 2.24) is 30.6 Å². The van der Waals surface area contributed by atoms with E-state index in [1.54, 1.807) is 31.5 Å². The molecule has 16 heteroatoms. The highest BCUT2D eigenvalue weighted by Crippen LogP contribution is 2.38. The first-order chi connectivity index (χ1) is 19.6. The maximum absolute atomic E-state index is 13.1. The topological polar surface area (TPSA) is 161 Å². The number of carbonyl (C=O) groups is 3. The molecule has 3 amide bonds. The molecule has 13 nitrogen and oxygen atoms in total. The minimum Gasteiger partial charge on any atom is -0.494 e. The number of carbonyl (C=O) groups excluding carboxylic acids is 3. The van der Waals surface area contributed by atoms with Crippen LogP contribution in [0.4, 0.5) is 17.2 Å². The van der Waals surface area contributed by atoms with Gasteiger partial charge in [0.05, 0.1) is 30.8 Å².